The second-order valence-corrected chi connectivity index (χ2v) is 20.5. The minimum absolute atomic E-state index is 0.0904. The standard InChI is InChI=1S/C50H88N10O18S2/c51-11-21-69-31-33-71-23-13-53-47(61)41-59(43-49(63)55-15-25-73-35-37-75-27-17-57-79(65,66)45-7-3-1-4-8-45)19-29-77-39-40-78-30-20-60(42-48(62)54-14-24-72-34-32-70-22-12-52)44-50(64)56-16-26-74-36-38-76-28-18-58-80(67,68)46-9-5-2-6-10-46/h1-10,57-58H,11-44,51-52H2,(H,53,61)(H,54,62)(H,55,63)(H,56,64). The Morgan fingerprint density at radius 3 is 0.838 bits per heavy atom. The molecule has 0 bridgehead atoms. The molecule has 30 heteroatoms. The molecule has 0 aliphatic heterocycles. The number of nitrogens with zero attached hydrogens (tertiary/aromatic N) is 2. The summed E-state index contributed by atoms with van der Waals surface area (Å²) in [5.41, 5.74) is 10.8. The van der Waals surface area contributed by atoms with Crippen LogP contribution < -0.4 is 42.2 Å². The number of nitrogens with two attached hydrogens (primary N) is 2. The molecule has 0 fully saturated rings. The van der Waals surface area contributed by atoms with Gasteiger partial charge in [-0.3, -0.25) is 29.0 Å². The van der Waals surface area contributed by atoms with Crippen molar-refractivity contribution in [3.05, 3.63) is 60.7 Å². The first kappa shape index (κ1) is 71.7. The van der Waals surface area contributed by atoms with Crippen LogP contribution in [0.3, 0.4) is 0 Å². The van der Waals surface area contributed by atoms with Gasteiger partial charge in [0, 0.05) is 65.4 Å². The molecule has 80 heavy (non-hydrogen) atoms. The van der Waals surface area contributed by atoms with Crippen LogP contribution in [0.4, 0.5) is 0 Å². The van der Waals surface area contributed by atoms with Crippen molar-refractivity contribution in [1.82, 2.24) is 40.5 Å². The fraction of sp³-hybridized carbons (Fsp3) is 0.680. The van der Waals surface area contributed by atoms with Gasteiger partial charge >= 0.3 is 0 Å². The SMILES string of the molecule is NCCOCCOCCNC(=O)CN(CCOCCOCCN(CC(=O)NCCOCCOCCN)CC(=O)NCCOCCOCCNS(=O)(=O)c1ccccc1)CC(=O)NCCOCCOCCNS(=O)(=O)c1ccccc1. The molecule has 0 unspecified atom stereocenters. The number of rotatable bonds is 55. The van der Waals surface area contributed by atoms with E-state index >= 15 is 0 Å². The number of amides is 4. The largest absolute Gasteiger partial charge is 0.378 e. The summed E-state index contributed by atoms with van der Waals surface area (Å²) in [6.45, 7) is 7.09. The molecular weight excluding hydrogens is 1090 g/mol. The normalized spacial score (nSPS) is 11.8. The Morgan fingerprint density at radius 2 is 0.575 bits per heavy atom. The molecule has 458 valence electrons. The van der Waals surface area contributed by atoms with Crippen molar-refractivity contribution in [2.75, 3.05) is 224 Å². The second kappa shape index (κ2) is 48.1. The number of ether oxygens (including phenoxy) is 10. The van der Waals surface area contributed by atoms with Crippen molar-refractivity contribution in [3.63, 3.8) is 0 Å². The van der Waals surface area contributed by atoms with E-state index in [1.54, 1.807) is 46.2 Å². The summed E-state index contributed by atoms with van der Waals surface area (Å²) in [5.74, 6) is -1.31. The van der Waals surface area contributed by atoms with Crippen molar-refractivity contribution < 1.29 is 83.4 Å². The van der Waals surface area contributed by atoms with Crippen LogP contribution in [0.15, 0.2) is 70.5 Å². The summed E-state index contributed by atoms with van der Waals surface area (Å²) in [5, 5.41) is 11.1. The molecule has 2 aromatic carbocycles. The summed E-state index contributed by atoms with van der Waals surface area (Å²) in [6, 6.07) is 16.0. The maximum absolute atomic E-state index is 12.9. The van der Waals surface area contributed by atoms with E-state index in [1.165, 1.54) is 24.3 Å². The summed E-state index contributed by atoms with van der Waals surface area (Å²) >= 11 is 0. The molecule has 28 nitrogen and oxygen atoms in total. The first-order chi connectivity index (χ1) is 38.9. The fourth-order valence-corrected chi connectivity index (χ4v) is 8.61. The van der Waals surface area contributed by atoms with Gasteiger partial charge in [-0.25, -0.2) is 26.3 Å². The van der Waals surface area contributed by atoms with Gasteiger partial charge in [-0.2, -0.15) is 0 Å². The highest BCUT2D eigenvalue weighted by atomic mass is 32.2. The quantitative estimate of drug-likeness (QED) is 0.0294. The third-order valence-corrected chi connectivity index (χ3v) is 13.4. The van der Waals surface area contributed by atoms with E-state index in [4.69, 9.17) is 58.8 Å². The molecule has 0 aliphatic rings. The zero-order chi connectivity index (χ0) is 58.0. The van der Waals surface area contributed by atoms with E-state index in [0.717, 1.165) is 0 Å². The number of sulfonamides is 2. The highest BCUT2D eigenvalue weighted by Crippen LogP contribution is 2.07. The third-order valence-electron chi connectivity index (χ3n) is 10.4. The molecule has 0 spiro atoms. The highest BCUT2D eigenvalue weighted by molar-refractivity contribution is 7.89. The van der Waals surface area contributed by atoms with Gasteiger partial charge < -0.3 is 80.1 Å². The summed E-state index contributed by atoms with van der Waals surface area (Å²) in [6.07, 6.45) is 0. The molecule has 2 aromatic rings. The van der Waals surface area contributed by atoms with Gasteiger partial charge in [0.05, 0.1) is 168 Å². The molecule has 0 radical (unpaired) electrons. The number of carbonyl (C=O) groups is 4. The molecule has 0 saturated carbocycles. The van der Waals surface area contributed by atoms with Crippen LogP contribution in [-0.2, 0) is 86.6 Å². The summed E-state index contributed by atoms with van der Waals surface area (Å²) in [7, 11) is -7.25. The van der Waals surface area contributed by atoms with E-state index in [9.17, 15) is 36.0 Å². The van der Waals surface area contributed by atoms with Crippen LogP contribution >= 0.6 is 0 Å². The number of hydrogen-bond acceptors (Lipinski definition) is 22. The maximum Gasteiger partial charge on any atom is 0.240 e. The monoisotopic (exact) mass is 1180 g/mol. The lowest BCUT2D eigenvalue weighted by Crippen LogP contribution is -2.45. The predicted octanol–water partition coefficient (Wildman–Crippen LogP) is -3.90. The molecule has 0 heterocycles. The molecule has 2 rings (SSSR count). The van der Waals surface area contributed by atoms with E-state index in [-0.39, 0.29) is 204 Å². The minimum atomic E-state index is -3.62. The molecule has 0 aliphatic carbocycles. The third kappa shape index (κ3) is 39.9. The number of carbonyl (C=O) groups excluding carboxylic acids is 4. The smallest absolute Gasteiger partial charge is 0.240 e. The Bertz CT molecular complexity index is 1970. The van der Waals surface area contributed by atoms with Crippen molar-refractivity contribution in [3.8, 4) is 0 Å². The maximum atomic E-state index is 12.9. The first-order valence-corrected chi connectivity index (χ1v) is 29.6. The zero-order valence-electron chi connectivity index (χ0n) is 46.0. The van der Waals surface area contributed by atoms with Gasteiger partial charge in [0.2, 0.25) is 43.7 Å². The second-order valence-electron chi connectivity index (χ2n) is 16.9. The fourth-order valence-electron chi connectivity index (χ4n) is 6.54. The van der Waals surface area contributed by atoms with Gasteiger partial charge in [-0.05, 0) is 24.3 Å². The van der Waals surface area contributed by atoms with E-state index in [0.29, 0.717) is 52.7 Å². The van der Waals surface area contributed by atoms with Gasteiger partial charge in [0.1, 0.15) is 0 Å². The van der Waals surface area contributed by atoms with E-state index < -0.39 is 20.0 Å². The molecule has 0 aromatic heterocycles. The minimum Gasteiger partial charge on any atom is -0.378 e. The lowest BCUT2D eigenvalue weighted by atomic mass is 10.4. The van der Waals surface area contributed by atoms with Crippen LogP contribution in [0.5, 0.6) is 0 Å². The van der Waals surface area contributed by atoms with Crippen molar-refractivity contribution >= 4 is 43.7 Å². The Hall–Kier alpha value is -4.42. The average molecular weight is 1180 g/mol. The van der Waals surface area contributed by atoms with Crippen molar-refractivity contribution in [1.29, 1.82) is 0 Å². The Labute approximate surface area is 471 Å². The van der Waals surface area contributed by atoms with Crippen LogP contribution in [-0.4, -0.2) is 274 Å². The highest BCUT2D eigenvalue weighted by Gasteiger charge is 2.18. The van der Waals surface area contributed by atoms with Crippen molar-refractivity contribution in [2.45, 2.75) is 9.79 Å². The van der Waals surface area contributed by atoms with E-state index in [1.807, 2.05) is 0 Å². The van der Waals surface area contributed by atoms with E-state index in [2.05, 4.69) is 30.7 Å². The molecule has 0 saturated heterocycles. The van der Waals surface area contributed by atoms with Crippen LogP contribution in [0.2, 0.25) is 0 Å². The van der Waals surface area contributed by atoms with Crippen molar-refractivity contribution in [2.24, 2.45) is 11.5 Å². The lowest BCUT2D eigenvalue weighted by Gasteiger charge is -2.22. The zero-order valence-corrected chi connectivity index (χ0v) is 47.7. The van der Waals surface area contributed by atoms with Crippen LogP contribution in [0.25, 0.3) is 0 Å². The topological polar surface area (TPSA) is 360 Å². The van der Waals surface area contributed by atoms with Gasteiger partial charge in [-0.15, -0.1) is 0 Å². The summed E-state index contributed by atoms with van der Waals surface area (Å²) < 4.78 is 109. The summed E-state index contributed by atoms with van der Waals surface area (Å²) in [4.78, 5) is 55.1. The number of benzene rings is 2. The number of nitrogens with one attached hydrogen (secondary N) is 6. The van der Waals surface area contributed by atoms with Gasteiger partial charge in [0.15, 0.2) is 0 Å². The molecular formula is C50H88N10O18S2. The molecule has 4 amide bonds. The Kier molecular flexibility index (Phi) is 43.1. The average Bonchev–Trinajstić information content (AvgIpc) is 3.44. The lowest BCUT2D eigenvalue weighted by molar-refractivity contribution is -0.127. The predicted molar refractivity (Wildman–Crippen MR) is 294 cm³/mol. The molecule has 10 N–H and O–H groups in total. The Balaban J connectivity index is 1.74. The van der Waals surface area contributed by atoms with Gasteiger partial charge in [-0.1, -0.05) is 36.4 Å². The van der Waals surface area contributed by atoms with Crippen LogP contribution in [0, 0.1) is 0 Å². The molecule has 0 atom stereocenters. The van der Waals surface area contributed by atoms with Crippen LogP contribution in [0.1, 0.15) is 0 Å². The van der Waals surface area contributed by atoms with Gasteiger partial charge in [0.25, 0.3) is 0 Å². The Morgan fingerprint density at radius 1 is 0.338 bits per heavy atom. The first-order valence-electron chi connectivity index (χ1n) is 26.6. The number of hydrogen-bond donors (Lipinski definition) is 8.